The van der Waals surface area contributed by atoms with Crippen LogP contribution in [0, 0.1) is 0 Å². The molecule has 0 radical (unpaired) electrons. The van der Waals surface area contributed by atoms with Crippen LogP contribution in [0.3, 0.4) is 0 Å². The van der Waals surface area contributed by atoms with Gasteiger partial charge in [0.05, 0.1) is 18.2 Å². The van der Waals surface area contributed by atoms with Crippen LogP contribution in [0.5, 0.6) is 0 Å². The lowest BCUT2D eigenvalue weighted by Gasteiger charge is -2.20. The molecular formula is C16H18N2O. The molecule has 1 aromatic heterocycles. The number of para-hydroxylation sites is 1. The molecule has 1 aliphatic heterocycles. The standard InChI is InChI=1S/C16H18N2O/c1-2-17-16(14-9-5-11-19-14)13-8-3-6-12-7-4-10-18-15(12)13/h3-4,6-10,16-17H,2,5,11H2,1H3. The molecule has 3 rings (SSSR count). The summed E-state index contributed by atoms with van der Waals surface area (Å²) in [4.78, 5) is 4.53. The number of pyridine rings is 1. The number of benzene rings is 1. The minimum atomic E-state index is 0.103. The maximum Gasteiger partial charge on any atom is 0.114 e. The zero-order chi connectivity index (χ0) is 13.1. The highest BCUT2D eigenvalue weighted by molar-refractivity contribution is 5.82. The molecule has 1 N–H and O–H groups in total. The van der Waals surface area contributed by atoms with Crippen LogP contribution in [0.4, 0.5) is 0 Å². The summed E-state index contributed by atoms with van der Waals surface area (Å²) in [5.41, 5.74) is 2.24. The summed E-state index contributed by atoms with van der Waals surface area (Å²) in [6.45, 7) is 3.80. The van der Waals surface area contributed by atoms with E-state index in [0.717, 1.165) is 30.8 Å². The van der Waals surface area contributed by atoms with E-state index in [1.807, 2.05) is 12.3 Å². The Morgan fingerprint density at radius 3 is 3.00 bits per heavy atom. The minimum Gasteiger partial charge on any atom is -0.496 e. The van der Waals surface area contributed by atoms with Crippen molar-refractivity contribution in [1.82, 2.24) is 10.3 Å². The molecule has 0 aliphatic carbocycles. The predicted octanol–water partition coefficient (Wildman–Crippen LogP) is 3.19. The molecule has 2 aromatic rings. The van der Waals surface area contributed by atoms with Crippen LogP contribution in [-0.2, 0) is 4.74 Å². The Morgan fingerprint density at radius 2 is 2.21 bits per heavy atom. The highest BCUT2D eigenvalue weighted by Gasteiger charge is 2.22. The molecule has 1 aliphatic rings. The summed E-state index contributed by atoms with van der Waals surface area (Å²) in [5, 5.41) is 4.67. The van der Waals surface area contributed by atoms with Crippen molar-refractivity contribution in [3.8, 4) is 0 Å². The first-order valence-corrected chi connectivity index (χ1v) is 6.80. The van der Waals surface area contributed by atoms with Crippen molar-refractivity contribution in [3.05, 3.63) is 53.9 Å². The fourth-order valence-electron chi connectivity index (χ4n) is 2.57. The molecular weight excluding hydrogens is 236 g/mol. The quantitative estimate of drug-likeness (QED) is 0.909. The number of nitrogens with one attached hydrogen (secondary N) is 1. The van der Waals surface area contributed by atoms with Gasteiger partial charge in [0.15, 0.2) is 0 Å². The van der Waals surface area contributed by atoms with E-state index in [-0.39, 0.29) is 6.04 Å². The molecule has 0 saturated carbocycles. The average molecular weight is 254 g/mol. The second-order valence-corrected chi connectivity index (χ2v) is 4.66. The number of rotatable bonds is 4. The van der Waals surface area contributed by atoms with Crippen molar-refractivity contribution in [2.24, 2.45) is 0 Å². The van der Waals surface area contributed by atoms with Gasteiger partial charge in [0.25, 0.3) is 0 Å². The number of nitrogens with zero attached hydrogens (tertiary/aromatic N) is 1. The van der Waals surface area contributed by atoms with E-state index in [1.54, 1.807) is 0 Å². The van der Waals surface area contributed by atoms with Crippen LogP contribution < -0.4 is 5.32 Å². The van der Waals surface area contributed by atoms with Crippen LogP contribution >= 0.6 is 0 Å². The molecule has 1 aromatic carbocycles. The van der Waals surface area contributed by atoms with Gasteiger partial charge in [-0.15, -0.1) is 0 Å². The minimum absolute atomic E-state index is 0.103. The van der Waals surface area contributed by atoms with Crippen LogP contribution in [0.1, 0.15) is 24.9 Å². The molecule has 1 unspecified atom stereocenters. The van der Waals surface area contributed by atoms with Gasteiger partial charge in [-0.2, -0.15) is 0 Å². The highest BCUT2D eigenvalue weighted by atomic mass is 16.5. The molecule has 1 atom stereocenters. The third-order valence-corrected chi connectivity index (χ3v) is 3.40. The van der Waals surface area contributed by atoms with Gasteiger partial charge in [-0.05, 0) is 18.7 Å². The van der Waals surface area contributed by atoms with E-state index in [0.29, 0.717) is 0 Å². The summed E-state index contributed by atoms with van der Waals surface area (Å²) in [5.74, 6) is 1.03. The van der Waals surface area contributed by atoms with Crippen molar-refractivity contribution in [1.29, 1.82) is 0 Å². The third kappa shape index (κ3) is 2.34. The van der Waals surface area contributed by atoms with Gasteiger partial charge >= 0.3 is 0 Å². The molecule has 98 valence electrons. The summed E-state index contributed by atoms with van der Waals surface area (Å²) >= 11 is 0. The fraction of sp³-hybridized carbons (Fsp3) is 0.312. The monoisotopic (exact) mass is 254 g/mol. The summed E-state index contributed by atoms with van der Waals surface area (Å²) in [6, 6.07) is 10.5. The largest absolute Gasteiger partial charge is 0.496 e. The van der Waals surface area contributed by atoms with Crippen molar-refractivity contribution < 1.29 is 4.74 Å². The zero-order valence-corrected chi connectivity index (χ0v) is 11.1. The first-order valence-electron chi connectivity index (χ1n) is 6.80. The lowest BCUT2D eigenvalue weighted by molar-refractivity contribution is 0.216. The Bertz CT molecular complexity index is 601. The van der Waals surface area contributed by atoms with Crippen LogP contribution in [0.2, 0.25) is 0 Å². The molecule has 3 nitrogen and oxygen atoms in total. The maximum atomic E-state index is 5.74. The topological polar surface area (TPSA) is 34.1 Å². The normalized spacial score (nSPS) is 16.2. The van der Waals surface area contributed by atoms with Gasteiger partial charge in [-0.25, -0.2) is 0 Å². The van der Waals surface area contributed by atoms with Crippen molar-refractivity contribution in [2.45, 2.75) is 19.4 Å². The Balaban J connectivity index is 2.09. The van der Waals surface area contributed by atoms with Gasteiger partial charge in [0.2, 0.25) is 0 Å². The van der Waals surface area contributed by atoms with Crippen LogP contribution in [0.15, 0.2) is 48.4 Å². The second kappa shape index (κ2) is 5.41. The van der Waals surface area contributed by atoms with Gasteiger partial charge in [0.1, 0.15) is 5.76 Å². The van der Waals surface area contributed by atoms with E-state index in [1.165, 1.54) is 10.9 Å². The van der Waals surface area contributed by atoms with Gasteiger partial charge in [0, 0.05) is 23.6 Å². The summed E-state index contributed by atoms with van der Waals surface area (Å²) in [6.07, 6.45) is 5.02. The van der Waals surface area contributed by atoms with Gasteiger partial charge in [-0.1, -0.05) is 31.2 Å². The van der Waals surface area contributed by atoms with E-state index < -0.39 is 0 Å². The van der Waals surface area contributed by atoms with E-state index in [9.17, 15) is 0 Å². The molecule has 3 heteroatoms. The number of fused-ring (bicyclic) bond motifs is 1. The first kappa shape index (κ1) is 12.2. The highest BCUT2D eigenvalue weighted by Crippen LogP contribution is 2.30. The summed E-state index contributed by atoms with van der Waals surface area (Å²) in [7, 11) is 0. The van der Waals surface area contributed by atoms with E-state index in [4.69, 9.17) is 4.74 Å². The Kier molecular flexibility index (Phi) is 3.47. The number of aromatic nitrogens is 1. The average Bonchev–Trinajstić information content (AvgIpc) is 2.98. The Hall–Kier alpha value is -1.87. The molecule has 0 amide bonds. The van der Waals surface area contributed by atoms with Crippen LogP contribution in [-0.4, -0.2) is 18.1 Å². The van der Waals surface area contributed by atoms with Crippen molar-refractivity contribution >= 4 is 10.9 Å². The molecule has 0 spiro atoms. The molecule has 2 heterocycles. The Morgan fingerprint density at radius 1 is 1.32 bits per heavy atom. The Labute approximate surface area is 113 Å². The smallest absolute Gasteiger partial charge is 0.114 e. The SMILES string of the molecule is CCNC(C1=CCCO1)c1cccc2cccnc12. The number of hydrogen-bond acceptors (Lipinski definition) is 3. The third-order valence-electron chi connectivity index (χ3n) is 3.40. The first-order chi connectivity index (χ1) is 9.40. The second-order valence-electron chi connectivity index (χ2n) is 4.66. The van der Waals surface area contributed by atoms with Gasteiger partial charge in [-0.3, -0.25) is 4.98 Å². The van der Waals surface area contributed by atoms with Gasteiger partial charge < -0.3 is 10.1 Å². The van der Waals surface area contributed by atoms with E-state index >= 15 is 0 Å². The fourth-order valence-corrected chi connectivity index (χ4v) is 2.57. The molecule has 0 fully saturated rings. The lowest BCUT2D eigenvalue weighted by atomic mass is 10.0. The van der Waals surface area contributed by atoms with Crippen molar-refractivity contribution in [2.75, 3.05) is 13.2 Å². The number of likely N-dealkylation sites (N-methyl/N-ethyl adjacent to an activating group) is 1. The molecule has 0 bridgehead atoms. The van der Waals surface area contributed by atoms with Crippen molar-refractivity contribution in [3.63, 3.8) is 0 Å². The molecule has 0 saturated heterocycles. The maximum absolute atomic E-state index is 5.74. The summed E-state index contributed by atoms with van der Waals surface area (Å²) < 4.78 is 5.74. The number of ether oxygens (including phenoxy) is 1. The lowest BCUT2D eigenvalue weighted by Crippen LogP contribution is -2.23. The number of hydrogen-bond donors (Lipinski definition) is 1. The van der Waals surface area contributed by atoms with E-state index in [2.05, 4.69) is 47.6 Å². The predicted molar refractivity (Wildman–Crippen MR) is 76.8 cm³/mol. The zero-order valence-electron chi connectivity index (χ0n) is 11.1. The molecule has 19 heavy (non-hydrogen) atoms. The van der Waals surface area contributed by atoms with Crippen LogP contribution in [0.25, 0.3) is 10.9 Å².